The van der Waals surface area contributed by atoms with Crippen molar-refractivity contribution >= 4 is 12.2 Å². The van der Waals surface area contributed by atoms with Crippen LogP contribution in [0.4, 0.5) is 0 Å². The summed E-state index contributed by atoms with van der Waals surface area (Å²) in [6.45, 7) is 0. The Morgan fingerprint density at radius 1 is 0.840 bits per heavy atom. The Bertz CT molecular complexity index is 831. The Morgan fingerprint density at radius 2 is 1.36 bits per heavy atom. The van der Waals surface area contributed by atoms with Crippen molar-refractivity contribution in [2.45, 2.75) is 18.0 Å². The molecule has 1 aliphatic carbocycles. The third-order valence-electron chi connectivity index (χ3n) is 4.26. The van der Waals surface area contributed by atoms with Gasteiger partial charge in [0.05, 0.1) is 0 Å². The number of allylic oxidation sites excluding steroid dienone is 2. The van der Waals surface area contributed by atoms with Crippen molar-refractivity contribution in [1.29, 1.82) is 0 Å². The fourth-order valence-corrected chi connectivity index (χ4v) is 3.07. The van der Waals surface area contributed by atoms with E-state index in [1.807, 2.05) is 48.6 Å². The molecule has 0 saturated carbocycles. The maximum absolute atomic E-state index is 10.7. The summed E-state index contributed by atoms with van der Waals surface area (Å²) in [7, 11) is 0. The highest BCUT2D eigenvalue weighted by Gasteiger charge is 2.29. The maximum atomic E-state index is 10.7. The van der Waals surface area contributed by atoms with E-state index in [0.29, 0.717) is 6.42 Å². The Hall–Kier alpha value is -3.32. The van der Waals surface area contributed by atoms with Gasteiger partial charge in [-0.1, -0.05) is 72.8 Å². The predicted molar refractivity (Wildman–Crippen MR) is 95.5 cm³/mol. The summed E-state index contributed by atoms with van der Waals surface area (Å²) < 4.78 is 0. The maximum Gasteiger partial charge on any atom is 0.237 e. The number of benzene rings is 2. The molecule has 0 amide bonds. The van der Waals surface area contributed by atoms with Crippen LogP contribution in [-0.2, 0) is 9.59 Å². The molecule has 0 fully saturated rings. The zero-order valence-corrected chi connectivity index (χ0v) is 13.5. The minimum atomic E-state index is -1.22. The number of carbonyl (C=O) groups excluding carboxylic acids is 2. The molecule has 4 nitrogen and oxygen atoms in total. The first kappa shape index (κ1) is 16.5. The van der Waals surface area contributed by atoms with E-state index in [1.165, 1.54) is 12.2 Å². The zero-order chi connectivity index (χ0) is 17.5. The van der Waals surface area contributed by atoms with E-state index < -0.39 is 5.66 Å². The number of isocyanates is 2. The fourth-order valence-electron chi connectivity index (χ4n) is 3.07. The van der Waals surface area contributed by atoms with E-state index in [1.54, 1.807) is 6.08 Å². The summed E-state index contributed by atoms with van der Waals surface area (Å²) in [5.41, 5.74) is 2.17. The van der Waals surface area contributed by atoms with Crippen LogP contribution in [0.1, 0.15) is 23.5 Å². The molecule has 0 spiro atoms. The monoisotopic (exact) mass is 328 g/mol. The van der Waals surface area contributed by atoms with Gasteiger partial charge in [0.2, 0.25) is 12.2 Å². The van der Waals surface area contributed by atoms with Crippen molar-refractivity contribution in [3.8, 4) is 0 Å². The van der Waals surface area contributed by atoms with Gasteiger partial charge in [0.15, 0.2) is 5.66 Å². The SMILES string of the molecule is O=C=NC1(N=C=O)C=CC(C(c2ccccc2)c2ccccc2)=CC1. The topological polar surface area (TPSA) is 58.9 Å². The molecule has 1 aliphatic rings. The standard InChI is InChI=1S/C21H16N2O2/c24-15-22-21(23-16-25)13-11-19(12-14-21)20(17-7-3-1-4-8-17)18-9-5-2-6-10-18/h1-13,20H,14H2. The molecule has 122 valence electrons. The van der Waals surface area contributed by atoms with Gasteiger partial charge >= 0.3 is 0 Å². The number of hydrogen-bond donors (Lipinski definition) is 0. The van der Waals surface area contributed by atoms with E-state index in [9.17, 15) is 9.59 Å². The molecule has 0 unspecified atom stereocenters. The van der Waals surface area contributed by atoms with E-state index >= 15 is 0 Å². The van der Waals surface area contributed by atoms with Gasteiger partial charge in [0, 0.05) is 12.3 Å². The second-order valence-electron chi connectivity index (χ2n) is 5.78. The lowest BCUT2D eigenvalue weighted by Crippen LogP contribution is -2.22. The van der Waals surface area contributed by atoms with Crippen LogP contribution in [0.25, 0.3) is 0 Å². The molecule has 0 atom stereocenters. The molecule has 25 heavy (non-hydrogen) atoms. The molecule has 3 rings (SSSR count). The van der Waals surface area contributed by atoms with Crippen molar-refractivity contribution in [2.24, 2.45) is 9.98 Å². The van der Waals surface area contributed by atoms with Crippen LogP contribution in [0.5, 0.6) is 0 Å². The largest absolute Gasteiger partial charge is 0.237 e. The lowest BCUT2D eigenvalue weighted by molar-refractivity contribution is 0.512. The van der Waals surface area contributed by atoms with Gasteiger partial charge in [0.25, 0.3) is 0 Å². The van der Waals surface area contributed by atoms with E-state index in [4.69, 9.17) is 0 Å². The normalized spacial score (nSPS) is 18.8. The minimum absolute atomic E-state index is 0.0528. The Morgan fingerprint density at radius 3 is 1.76 bits per heavy atom. The molecule has 0 radical (unpaired) electrons. The first-order valence-corrected chi connectivity index (χ1v) is 7.95. The number of rotatable bonds is 5. The minimum Gasteiger partial charge on any atom is -0.211 e. The molecule has 0 saturated heterocycles. The van der Waals surface area contributed by atoms with Crippen molar-refractivity contribution in [2.75, 3.05) is 0 Å². The van der Waals surface area contributed by atoms with Crippen LogP contribution in [0.3, 0.4) is 0 Å². The van der Waals surface area contributed by atoms with Crippen LogP contribution < -0.4 is 0 Å². The van der Waals surface area contributed by atoms with Gasteiger partial charge in [-0.3, -0.25) is 0 Å². The molecule has 0 N–H and O–H groups in total. The number of nitrogens with zero attached hydrogens (tertiary/aromatic N) is 2. The molecular weight excluding hydrogens is 312 g/mol. The molecule has 2 aromatic rings. The molecule has 4 heteroatoms. The number of hydrogen-bond acceptors (Lipinski definition) is 4. The van der Waals surface area contributed by atoms with E-state index in [0.717, 1.165) is 16.7 Å². The first-order chi connectivity index (χ1) is 12.3. The van der Waals surface area contributed by atoms with Crippen LogP contribution in [-0.4, -0.2) is 17.8 Å². The predicted octanol–water partition coefficient (Wildman–Crippen LogP) is 4.07. The van der Waals surface area contributed by atoms with Crippen molar-refractivity contribution in [3.05, 3.63) is 95.6 Å². The fraction of sp³-hybridized carbons (Fsp3) is 0.143. The zero-order valence-electron chi connectivity index (χ0n) is 13.5. The number of aliphatic imine (C=N–C) groups is 2. The summed E-state index contributed by atoms with van der Waals surface area (Å²) >= 11 is 0. The molecule has 2 aromatic carbocycles. The van der Waals surface area contributed by atoms with E-state index in [2.05, 4.69) is 34.3 Å². The second kappa shape index (κ2) is 7.50. The third-order valence-corrected chi connectivity index (χ3v) is 4.26. The van der Waals surface area contributed by atoms with Crippen molar-refractivity contribution < 1.29 is 9.59 Å². The Labute approximate surface area is 146 Å². The average molecular weight is 328 g/mol. The quantitative estimate of drug-likeness (QED) is 0.613. The Kier molecular flexibility index (Phi) is 4.96. The highest BCUT2D eigenvalue weighted by Crippen LogP contribution is 2.37. The summed E-state index contributed by atoms with van der Waals surface area (Å²) in [5.74, 6) is 0.0528. The molecule has 0 bridgehead atoms. The molecular formula is C21H16N2O2. The van der Waals surface area contributed by atoms with Gasteiger partial charge in [-0.25, -0.2) is 9.59 Å². The highest BCUT2D eigenvalue weighted by atomic mass is 16.1. The van der Waals surface area contributed by atoms with Crippen LogP contribution in [0.15, 0.2) is 94.4 Å². The van der Waals surface area contributed by atoms with Crippen molar-refractivity contribution in [3.63, 3.8) is 0 Å². The van der Waals surface area contributed by atoms with Gasteiger partial charge < -0.3 is 0 Å². The van der Waals surface area contributed by atoms with Gasteiger partial charge in [0.1, 0.15) is 0 Å². The highest BCUT2D eigenvalue weighted by molar-refractivity contribution is 5.49. The van der Waals surface area contributed by atoms with Gasteiger partial charge in [-0.15, -0.1) is 0 Å². The van der Waals surface area contributed by atoms with Crippen LogP contribution in [0.2, 0.25) is 0 Å². The lowest BCUT2D eigenvalue weighted by Gasteiger charge is -2.26. The summed E-state index contributed by atoms with van der Waals surface area (Å²) in [4.78, 5) is 28.7. The van der Waals surface area contributed by atoms with Crippen LogP contribution >= 0.6 is 0 Å². The first-order valence-electron chi connectivity index (χ1n) is 7.95. The van der Waals surface area contributed by atoms with Crippen molar-refractivity contribution in [1.82, 2.24) is 0 Å². The molecule has 0 heterocycles. The molecule has 0 aromatic heterocycles. The summed E-state index contributed by atoms with van der Waals surface area (Å²) in [6.07, 6.45) is 8.80. The lowest BCUT2D eigenvalue weighted by atomic mass is 9.81. The average Bonchev–Trinajstić information content (AvgIpc) is 2.66. The third kappa shape index (κ3) is 3.61. The molecule has 0 aliphatic heterocycles. The second-order valence-corrected chi connectivity index (χ2v) is 5.78. The summed E-state index contributed by atoms with van der Waals surface area (Å²) in [6, 6.07) is 20.3. The summed E-state index contributed by atoms with van der Waals surface area (Å²) in [5, 5.41) is 0. The van der Waals surface area contributed by atoms with Crippen LogP contribution in [0, 0.1) is 0 Å². The van der Waals surface area contributed by atoms with E-state index in [-0.39, 0.29) is 5.92 Å². The van der Waals surface area contributed by atoms with Gasteiger partial charge in [-0.05, 0) is 22.8 Å². The van der Waals surface area contributed by atoms with Gasteiger partial charge in [-0.2, -0.15) is 9.98 Å². The Balaban J connectivity index is 2.02. The smallest absolute Gasteiger partial charge is 0.211 e.